The second-order valence-corrected chi connectivity index (χ2v) is 7.49. The van der Waals surface area contributed by atoms with Crippen LogP contribution < -0.4 is 0 Å². The summed E-state index contributed by atoms with van der Waals surface area (Å²) in [5, 5.41) is 0. The van der Waals surface area contributed by atoms with Crippen LogP contribution in [0.3, 0.4) is 0 Å². The molecule has 0 amide bonds. The number of fused-ring (bicyclic) bond motifs is 2. The Bertz CT molecular complexity index is 690. The lowest BCUT2D eigenvalue weighted by Gasteiger charge is -2.44. The number of benzene rings is 1. The molecule has 0 aliphatic carbocycles. The second-order valence-electron chi connectivity index (χ2n) is 7.49. The predicted molar refractivity (Wildman–Crippen MR) is 96.0 cm³/mol. The van der Waals surface area contributed by atoms with Crippen molar-refractivity contribution in [2.45, 2.75) is 39.6 Å². The minimum Gasteiger partial charge on any atom is -0.373 e. The van der Waals surface area contributed by atoms with Crippen LogP contribution in [0, 0.1) is 5.41 Å². The Labute approximate surface area is 149 Å². The molecule has 4 nitrogen and oxygen atoms in total. The van der Waals surface area contributed by atoms with Crippen LogP contribution >= 0.6 is 0 Å². The third-order valence-electron chi connectivity index (χ3n) is 4.59. The molecule has 1 aromatic carbocycles. The maximum Gasteiger partial charge on any atom is 0.198 e. The van der Waals surface area contributed by atoms with E-state index in [-0.39, 0.29) is 11.2 Å². The van der Waals surface area contributed by atoms with E-state index in [0.717, 1.165) is 11.1 Å². The molecule has 0 bridgehead atoms. The predicted octanol–water partition coefficient (Wildman–Crippen LogP) is 3.90. The van der Waals surface area contributed by atoms with Crippen LogP contribution in [0.25, 0.3) is 0 Å². The van der Waals surface area contributed by atoms with E-state index in [4.69, 9.17) is 14.2 Å². The van der Waals surface area contributed by atoms with Gasteiger partial charge < -0.3 is 14.2 Å². The lowest BCUT2D eigenvalue weighted by atomic mass is 9.90. The van der Waals surface area contributed by atoms with E-state index in [1.165, 1.54) is 0 Å². The van der Waals surface area contributed by atoms with Crippen LogP contribution in [-0.4, -0.2) is 25.6 Å². The summed E-state index contributed by atoms with van der Waals surface area (Å²) < 4.78 is 18.3. The molecule has 0 N–H and O–H groups in total. The Hall–Kier alpha value is -1.75. The van der Waals surface area contributed by atoms with Gasteiger partial charge in [0.1, 0.15) is 0 Å². The van der Waals surface area contributed by atoms with E-state index < -0.39 is 5.79 Å². The van der Waals surface area contributed by atoms with Crippen LogP contribution in [0.4, 0.5) is 0 Å². The lowest BCUT2D eigenvalue weighted by molar-refractivity contribution is -0.306. The third kappa shape index (κ3) is 4.09. The van der Waals surface area contributed by atoms with Gasteiger partial charge in [0.05, 0.1) is 26.4 Å². The van der Waals surface area contributed by atoms with E-state index >= 15 is 0 Å². The van der Waals surface area contributed by atoms with Gasteiger partial charge in [-0.25, -0.2) is 0 Å². The summed E-state index contributed by atoms with van der Waals surface area (Å²) in [6, 6.07) is 8.06. The number of carbonyl (C=O) groups excluding carboxylic acids is 1. The van der Waals surface area contributed by atoms with Crippen LogP contribution in [0.1, 0.15) is 38.3 Å². The van der Waals surface area contributed by atoms with Crippen molar-refractivity contribution < 1.29 is 19.0 Å². The molecule has 1 aromatic rings. The Morgan fingerprint density at radius 3 is 2.56 bits per heavy atom. The molecule has 3 rings (SSSR count). The summed E-state index contributed by atoms with van der Waals surface area (Å²) >= 11 is 0. The van der Waals surface area contributed by atoms with Crippen LogP contribution in [0.15, 0.2) is 48.1 Å². The van der Waals surface area contributed by atoms with Crippen molar-refractivity contribution in [2.24, 2.45) is 5.41 Å². The Kier molecular flexibility index (Phi) is 5.23. The summed E-state index contributed by atoms with van der Waals surface area (Å²) in [7, 11) is 0. The van der Waals surface area contributed by atoms with Gasteiger partial charge >= 0.3 is 0 Å². The minimum absolute atomic E-state index is 0.0232. The fourth-order valence-electron chi connectivity index (χ4n) is 3.09. The first-order valence-corrected chi connectivity index (χ1v) is 8.74. The molecule has 2 aliphatic heterocycles. The second kappa shape index (κ2) is 7.24. The number of hydrogen-bond acceptors (Lipinski definition) is 4. The first-order valence-electron chi connectivity index (χ1n) is 8.74. The van der Waals surface area contributed by atoms with Gasteiger partial charge in [0.2, 0.25) is 0 Å². The minimum atomic E-state index is -0.881. The largest absolute Gasteiger partial charge is 0.373 e. The van der Waals surface area contributed by atoms with Gasteiger partial charge in [0.25, 0.3) is 0 Å². The zero-order valence-corrected chi connectivity index (χ0v) is 15.2. The molecule has 1 spiro atoms. The summed E-state index contributed by atoms with van der Waals surface area (Å²) in [6.07, 6.45) is 6.09. The van der Waals surface area contributed by atoms with Crippen molar-refractivity contribution in [3.63, 3.8) is 0 Å². The molecule has 2 heterocycles. The molecule has 0 atom stereocenters. The molecular formula is C21H26O4. The molecule has 0 unspecified atom stereocenters. The standard InChI is InChI=1S/C21H26O4/c1-16(22)17-8-6-12-23-13-18-7-4-5-9-19(18)21(11-10-17)24-14-20(2,3)15-25-21/h4-10H,11-15H2,1-3H3. The molecule has 0 aromatic heterocycles. The highest BCUT2D eigenvalue weighted by Gasteiger charge is 2.42. The molecule has 134 valence electrons. The highest BCUT2D eigenvalue weighted by Crippen LogP contribution is 2.41. The van der Waals surface area contributed by atoms with E-state index in [1.807, 2.05) is 42.5 Å². The summed E-state index contributed by atoms with van der Waals surface area (Å²) in [5.74, 6) is -0.857. The van der Waals surface area contributed by atoms with Crippen molar-refractivity contribution >= 4 is 5.78 Å². The maximum absolute atomic E-state index is 11.9. The molecular weight excluding hydrogens is 316 g/mol. The number of hydrogen-bond donors (Lipinski definition) is 0. The quantitative estimate of drug-likeness (QED) is 0.776. The number of carbonyl (C=O) groups is 1. The van der Waals surface area contributed by atoms with Gasteiger partial charge in [-0.3, -0.25) is 4.79 Å². The summed E-state index contributed by atoms with van der Waals surface area (Å²) in [4.78, 5) is 11.9. The van der Waals surface area contributed by atoms with Crippen molar-refractivity contribution in [2.75, 3.05) is 19.8 Å². The smallest absolute Gasteiger partial charge is 0.198 e. The fraction of sp³-hybridized carbons (Fsp3) is 0.476. The summed E-state index contributed by atoms with van der Waals surface area (Å²) in [5.41, 5.74) is 2.65. The number of allylic oxidation sites excluding steroid dienone is 2. The molecule has 0 saturated carbocycles. The van der Waals surface area contributed by atoms with Crippen LogP contribution in [-0.2, 0) is 31.4 Å². The normalized spacial score (nSPS) is 22.6. The Morgan fingerprint density at radius 2 is 1.84 bits per heavy atom. The molecule has 1 fully saturated rings. The molecule has 1 saturated heterocycles. The highest BCUT2D eigenvalue weighted by atomic mass is 16.7. The van der Waals surface area contributed by atoms with Gasteiger partial charge in [-0.1, -0.05) is 56.3 Å². The SMILES string of the molecule is CC(=O)C1=CCC2(OCC(C)(C)CO2)c2ccccc2COCC=C1. The van der Waals surface area contributed by atoms with Gasteiger partial charge in [0, 0.05) is 23.0 Å². The van der Waals surface area contributed by atoms with Crippen LogP contribution in [0.2, 0.25) is 0 Å². The number of rotatable bonds is 1. The van der Waals surface area contributed by atoms with Crippen molar-refractivity contribution in [3.8, 4) is 0 Å². The highest BCUT2D eigenvalue weighted by molar-refractivity contribution is 5.95. The fourth-order valence-corrected chi connectivity index (χ4v) is 3.09. The average Bonchev–Trinajstić information content (AvgIpc) is 2.61. The lowest BCUT2D eigenvalue weighted by Crippen LogP contribution is -2.46. The van der Waals surface area contributed by atoms with E-state index in [1.54, 1.807) is 6.92 Å². The van der Waals surface area contributed by atoms with Gasteiger partial charge in [0.15, 0.2) is 11.6 Å². The first-order chi connectivity index (χ1) is 11.9. The third-order valence-corrected chi connectivity index (χ3v) is 4.59. The Balaban J connectivity index is 2.05. The van der Waals surface area contributed by atoms with E-state index in [0.29, 0.717) is 38.4 Å². The van der Waals surface area contributed by atoms with E-state index in [9.17, 15) is 4.79 Å². The van der Waals surface area contributed by atoms with Crippen molar-refractivity contribution in [3.05, 3.63) is 59.2 Å². The van der Waals surface area contributed by atoms with Gasteiger partial charge in [-0.15, -0.1) is 0 Å². The molecule has 0 radical (unpaired) electrons. The van der Waals surface area contributed by atoms with Crippen molar-refractivity contribution in [1.82, 2.24) is 0 Å². The molecule has 25 heavy (non-hydrogen) atoms. The summed E-state index contributed by atoms with van der Waals surface area (Å²) in [6.45, 7) is 7.96. The zero-order valence-electron chi connectivity index (χ0n) is 15.2. The monoisotopic (exact) mass is 342 g/mol. The number of ether oxygens (including phenoxy) is 3. The van der Waals surface area contributed by atoms with E-state index in [2.05, 4.69) is 13.8 Å². The maximum atomic E-state index is 11.9. The van der Waals surface area contributed by atoms with Gasteiger partial charge in [-0.2, -0.15) is 0 Å². The van der Waals surface area contributed by atoms with Gasteiger partial charge in [-0.05, 0) is 12.5 Å². The Morgan fingerprint density at radius 1 is 1.12 bits per heavy atom. The van der Waals surface area contributed by atoms with Crippen molar-refractivity contribution in [1.29, 1.82) is 0 Å². The number of ketones is 1. The average molecular weight is 342 g/mol. The first kappa shape index (κ1) is 18.1. The molecule has 2 aliphatic rings. The zero-order chi connectivity index (χ0) is 17.9. The van der Waals surface area contributed by atoms with Crippen LogP contribution in [0.5, 0.6) is 0 Å². The number of Topliss-reactive ketones (excluding diaryl/α,β-unsaturated/α-hetero) is 1. The topological polar surface area (TPSA) is 44.8 Å². The molecule has 4 heteroatoms.